The molecule has 0 radical (unpaired) electrons. The van der Waals surface area contributed by atoms with Gasteiger partial charge in [-0.1, -0.05) is 30.3 Å². The molecule has 0 spiro atoms. The summed E-state index contributed by atoms with van der Waals surface area (Å²) in [5.74, 6) is -0.929. The fraction of sp³-hybridized carbons (Fsp3) is 0.235. The van der Waals surface area contributed by atoms with Crippen LogP contribution in [0.5, 0.6) is 0 Å². The first-order chi connectivity index (χ1) is 11.3. The fourth-order valence-corrected chi connectivity index (χ4v) is 3.05. The van der Waals surface area contributed by atoms with Crippen molar-refractivity contribution in [3.05, 3.63) is 65.5 Å². The lowest BCUT2D eigenvalue weighted by atomic mass is 10.2. The molecule has 2 aromatic carbocycles. The van der Waals surface area contributed by atoms with E-state index in [4.69, 9.17) is 0 Å². The van der Waals surface area contributed by atoms with Gasteiger partial charge in [-0.05, 0) is 30.7 Å². The molecule has 1 N–H and O–H groups in total. The summed E-state index contributed by atoms with van der Waals surface area (Å²) in [6.45, 7) is 1.47. The molecule has 128 valence electrons. The predicted octanol–water partition coefficient (Wildman–Crippen LogP) is 2.22. The molecule has 0 heterocycles. The number of amides is 1. The maximum atomic E-state index is 13.5. The third-order valence-electron chi connectivity index (χ3n) is 3.41. The smallest absolute Gasteiger partial charge is 0.241 e. The van der Waals surface area contributed by atoms with Crippen molar-refractivity contribution in [3.63, 3.8) is 0 Å². The number of carbonyl (C=O) groups excluding carboxylic acids is 1. The first kappa shape index (κ1) is 17.9. The van der Waals surface area contributed by atoms with E-state index in [-0.39, 0.29) is 13.1 Å². The van der Waals surface area contributed by atoms with Crippen LogP contribution in [0.15, 0.2) is 48.5 Å². The van der Waals surface area contributed by atoms with E-state index in [1.807, 2.05) is 13.0 Å². The molecule has 0 atom stereocenters. The second-order valence-electron chi connectivity index (χ2n) is 5.48. The number of anilines is 1. The van der Waals surface area contributed by atoms with Crippen LogP contribution in [0.1, 0.15) is 11.1 Å². The SMILES string of the molecule is Cc1cccc(N(CC(=O)NCc2ccccc2F)S(C)(=O)=O)c1. The zero-order valence-electron chi connectivity index (χ0n) is 13.5. The maximum Gasteiger partial charge on any atom is 0.241 e. The molecule has 0 aliphatic heterocycles. The summed E-state index contributed by atoms with van der Waals surface area (Å²) in [4.78, 5) is 12.1. The van der Waals surface area contributed by atoms with Crippen LogP contribution in [0, 0.1) is 12.7 Å². The van der Waals surface area contributed by atoms with E-state index in [2.05, 4.69) is 5.32 Å². The average molecular weight is 350 g/mol. The third-order valence-corrected chi connectivity index (χ3v) is 4.55. The number of nitrogens with zero attached hydrogens (tertiary/aromatic N) is 1. The minimum atomic E-state index is -3.62. The Morgan fingerprint density at radius 3 is 2.50 bits per heavy atom. The summed E-state index contributed by atoms with van der Waals surface area (Å²) < 4.78 is 38.6. The van der Waals surface area contributed by atoms with Crippen LogP contribution in [-0.2, 0) is 21.4 Å². The van der Waals surface area contributed by atoms with Crippen molar-refractivity contribution in [2.75, 3.05) is 17.1 Å². The molecule has 1 amide bonds. The summed E-state index contributed by atoms with van der Waals surface area (Å²) in [5, 5.41) is 2.54. The van der Waals surface area contributed by atoms with E-state index in [0.29, 0.717) is 11.3 Å². The number of hydrogen-bond donors (Lipinski definition) is 1. The summed E-state index contributed by atoms with van der Waals surface area (Å²) in [6.07, 6.45) is 1.04. The Labute approximate surface area is 141 Å². The van der Waals surface area contributed by atoms with Crippen molar-refractivity contribution in [2.45, 2.75) is 13.5 Å². The summed E-state index contributed by atoms with van der Waals surface area (Å²) >= 11 is 0. The van der Waals surface area contributed by atoms with Crippen LogP contribution in [0.4, 0.5) is 10.1 Å². The average Bonchev–Trinajstić information content (AvgIpc) is 2.50. The molecular formula is C17H19FN2O3S. The zero-order chi connectivity index (χ0) is 17.7. The van der Waals surface area contributed by atoms with Crippen LogP contribution < -0.4 is 9.62 Å². The maximum absolute atomic E-state index is 13.5. The van der Waals surface area contributed by atoms with E-state index in [0.717, 1.165) is 16.1 Å². The second kappa shape index (κ2) is 7.44. The number of sulfonamides is 1. The molecule has 7 heteroatoms. The number of hydrogen-bond acceptors (Lipinski definition) is 3. The fourth-order valence-electron chi connectivity index (χ4n) is 2.21. The van der Waals surface area contributed by atoms with Gasteiger partial charge in [-0.15, -0.1) is 0 Å². The lowest BCUT2D eigenvalue weighted by Crippen LogP contribution is -2.40. The molecule has 2 aromatic rings. The Bertz CT molecular complexity index is 837. The van der Waals surface area contributed by atoms with Crippen LogP contribution >= 0.6 is 0 Å². The first-order valence-electron chi connectivity index (χ1n) is 7.32. The largest absolute Gasteiger partial charge is 0.350 e. The van der Waals surface area contributed by atoms with Gasteiger partial charge in [0, 0.05) is 12.1 Å². The van der Waals surface area contributed by atoms with Gasteiger partial charge in [0.15, 0.2) is 0 Å². The van der Waals surface area contributed by atoms with Gasteiger partial charge in [-0.2, -0.15) is 0 Å². The molecule has 24 heavy (non-hydrogen) atoms. The Hall–Kier alpha value is -2.41. The normalized spacial score (nSPS) is 11.1. The highest BCUT2D eigenvalue weighted by Crippen LogP contribution is 2.18. The Morgan fingerprint density at radius 2 is 1.88 bits per heavy atom. The number of halogens is 1. The van der Waals surface area contributed by atoms with Gasteiger partial charge in [0.2, 0.25) is 15.9 Å². The molecular weight excluding hydrogens is 331 g/mol. The van der Waals surface area contributed by atoms with E-state index >= 15 is 0 Å². The molecule has 0 bridgehead atoms. The predicted molar refractivity (Wildman–Crippen MR) is 91.6 cm³/mol. The number of benzene rings is 2. The number of aryl methyl sites for hydroxylation is 1. The monoisotopic (exact) mass is 350 g/mol. The molecule has 2 rings (SSSR count). The highest BCUT2D eigenvalue weighted by atomic mass is 32.2. The number of rotatable bonds is 6. The summed E-state index contributed by atoms with van der Waals surface area (Å²) in [7, 11) is -3.62. The quantitative estimate of drug-likeness (QED) is 0.869. The minimum absolute atomic E-state index is 0.00305. The van der Waals surface area contributed by atoms with Crippen LogP contribution in [0.25, 0.3) is 0 Å². The van der Waals surface area contributed by atoms with Gasteiger partial charge in [-0.3, -0.25) is 9.10 Å². The molecule has 0 saturated carbocycles. The van der Waals surface area contributed by atoms with Crippen LogP contribution in [0.3, 0.4) is 0 Å². The molecule has 5 nitrogen and oxygen atoms in total. The molecule has 0 aliphatic rings. The van der Waals surface area contributed by atoms with Crippen molar-refractivity contribution < 1.29 is 17.6 Å². The zero-order valence-corrected chi connectivity index (χ0v) is 14.3. The van der Waals surface area contributed by atoms with Crippen molar-refractivity contribution in [3.8, 4) is 0 Å². The summed E-state index contributed by atoms with van der Waals surface area (Å²) in [6, 6.07) is 13.0. The minimum Gasteiger partial charge on any atom is -0.350 e. The molecule has 0 saturated heterocycles. The topological polar surface area (TPSA) is 66.5 Å². The lowest BCUT2D eigenvalue weighted by Gasteiger charge is -2.22. The van der Waals surface area contributed by atoms with Gasteiger partial charge in [-0.25, -0.2) is 12.8 Å². The van der Waals surface area contributed by atoms with E-state index < -0.39 is 21.7 Å². The molecule has 0 unspecified atom stereocenters. The molecule has 0 aromatic heterocycles. The first-order valence-corrected chi connectivity index (χ1v) is 9.16. The molecule has 0 aliphatic carbocycles. The van der Waals surface area contributed by atoms with Gasteiger partial charge in [0.1, 0.15) is 12.4 Å². The van der Waals surface area contributed by atoms with Gasteiger partial charge in [0.25, 0.3) is 0 Å². The second-order valence-corrected chi connectivity index (χ2v) is 7.38. The molecule has 0 fully saturated rings. The van der Waals surface area contributed by atoms with Gasteiger partial charge < -0.3 is 5.32 Å². The third kappa shape index (κ3) is 4.79. The number of carbonyl (C=O) groups is 1. The van der Waals surface area contributed by atoms with Crippen LogP contribution in [0.2, 0.25) is 0 Å². The lowest BCUT2D eigenvalue weighted by molar-refractivity contribution is -0.119. The van der Waals surface area contributed by atoms with E-state index in [9.17, 15) is 17.6 Å². The van der Waals surface area contributed by atoms with Crippen molar-refractivity contribution >= 4 is 21.6 Å². The van der Waals surface area contributed by atoms with Crippen molar-refractivity contribution in [1.29, 1.82) is 0 Å². The van der Waals surface area contributed by atoms with Crippen molar-refractivity contribution in [2.24, 2.45) is 0 Å². The van der Waals surface area contributed by atoms with E-state index in [1.165, 1.54) is 6.07 Å². The Morgan fingerprint density at radius 1 is 1.17 bits per heavy atom. The van der Waals surface area contributed by atoms with Gasteiger partial charge in [0.05, 0.1) is 11.9 Å². The Balaban J connectivity index is 2.10. The Kier molecular flexibility index (Phi) is 5.56. The van der Waals surface area contributed by atoms with Crippen molar-refractivity contribution in [1.82, 2.24) is 5.32 Å². The highest BCUT2D eigenvalue weighted by molar-refractivity contribution is 7.92. The summed E-state index contributed by atoms with van der Waals surface area (Å²) in [5.41, 5.74) is 1.64. The van der Waals surface area contributed by atoms with Gasteiger partial charge >= 0.3 is 0 Å². The number of nitrogens with one attached hydrogen (secondary N) is 1. The highest BCUT2D eigenvalue weighted by Gasteiger charge is 2.20. The standard InChI is InChI=1S/C17H19FN2O3S/c1-13-6-5-8-15(10-13)20(24(2,22)23)12-17(21)19-11-14-7-3-4-9-16(14)18/h3-10H,11-12H2,1-2H3,(H,19,21). The van der Waals surface area contributed by atoms with E-state index in [1.54, 1.807) is 36.4 Å². The van der Waals surface area contributed by atoms with Crippen LogP contribution in [-0.4, -0.2) is 27.1 Å².